The highest BCUT2D eigenvalue weighted by Crippen LogP contribution is 2.03. The van der Waals surface area contributed by atoms with E-state index >= 15 is 0 Å². The van der Waals surface area contributed by atoms with Crippen molar-refractivity contribution in [2.75, 3.05) is 0 Å². The fourth-order valence-corrected chi connectivity index (χ4v) is 0.363. The van der Waals surface area contributed by atoms with Gasteiger partial charge in [0, 0.05) is 0 Å². The molecular formula is C3H4Cl2N2O. The Morgan fingerprint density at radius 1 is 1.62 bits per heavy atom. The lowest BCUT2D eigenvalue weighted by Gasteiger charge is -2.02. The molecule has 0 spiro atoms. The van der Waals surface area contributed by atoms with Crippen molar-refractivity contribution in [3.05, 3.63) is 0 Å². The van der Waals surface area contributed by atoms with Crippen molar-refractivity contribution in [3.63, 3.8) is 0 Å². The van der Waals surface area contributed by atoms with Gasteiger partial charge in [0.1, 0.15) is 6.07 Å². The summed E-state index contributed by atoms with van der Waals surface area (Å²) in [5.41, 5.74) is 4.92. The number of alkyl halides is 2. The summed E-state index contributed by atoms with van der Waals surface area (Å²) in [5.74, 6) is 0. The van der Waals surface area contributed by atoms with Gasteiger partial charge in [-0.2, -0.15) is 5.26 Å². The van der Waals surface area contributed by atoms with Crippen LogP contribution in [0.2, 0.25) is 0 Å². The Kier molecular flexibility index (Phi) is 3.92. The van der Waals surface area contributed by atoms with E-state index in [1.54, 1.807) is 6.07 Å². The van der Waals surface area contributed by atoms with E-state index in [1.807, 2.05) is 0 Å². The number of nitrogens with zero attached hydrogens (tertiary/aromatic N) is 1. The van der Waals surface area contributed by atoms with E-state index in [0.29, 0.717) is 0 Å². The zero-order valence-corrected chi connectivity index (χ0v) is 5.36. The third kappa shape index (κ3) is 4.16. The highest BCUT2D eigenvalue weighted by atomic mass is 35.5. The van der Waals surface area contributed by atoms with Gasteiger partial charge in [-0.3, -0.25) is 5.73 Å². The molecule has 0 fully saturated rings. The van der Waals surface area contributed by atoms with Crippen LogP contribution in [0.15, 0.2) is 0 Å². The monoisotopic (exact) mass is 154 g/mol. The van der Waals surface area contributed by atoms with Crippen molar-refractivity contribution in [2.24, 2.45) is 5.73 Å². The molecule has 0 aliphatic heterocycles. The van der Waals surface area contributed by atoms with Crippen molar-refractivity contribution in [3.8, 4) is 6.07 Å². The second-order valence-electron chi connectivity index (χ2n) is 0.946. The maximum absolute atomic E-state index is 7.97. The first-order valence-corrected chi connectivity index (χ1v) is 2.63. The molecule has 5 heteroatoms. The summed E-state index contributed by atoms with van der Waals surface area (Å²) in [6.07, 6.45) is -1.03. The Bertz CT molecular complexity index is 99.9. The molecule has 0 rings (SSSR count). The maximum Gasteiger partial charge on any atom is 0.209 e. The van der Waals surface area contributed by atoms with E-state index in [1.165, 1.54) is 0 Å². The summed E-state index contributed by atoms with van der Waals surface area (Å²) in [5, 5.41) is 6.94. The Labute approximate surface area is 56.9 Å². The average Bonchev–Trinajstić information content (AvgIpc) is 1.65. The van der Waals surface area contributed by atoms with E-state index in [9.17, 15) is 0 Å². The van der Waals surface area contributed by atoms with Gasteiger partial charge in [0.25, 0.3) is 0 Å². The first-order valence-electron chi connectivity index (χ1n) is 1.75. The molecule has 0 aromatic carbocycles. The van der Waals surface area contributed by atoms with Crippen molar-refractivity contribution >= 4 is 23.2 Å². The fraction of sp³-hybridized carbons (Fsp3) is 0.667. The van der Waals surface area contributed by atoms with E-state index in [-0.39, 0.29) is 0 Å². The third-order valence-electron chi connectivity index (χ3n) is 0.377. The van der Waals surface area contributed by atoms with Crippen LogP contribution in [0.5, 0.6) is 0 Å². The highest BCUT2D eigenvalue weighted by molar-refractivity contribution is 6.43. The van der Waals surface area contributed by atoms with Gasteiger partial charge >= 0.3 is 0 Å². The van der Waals surface area contributed by atoms with E-state index < -0.39 is 11.3 Å². The van der Waals surface area contributed by atoms with Gasteiger partial charge in [-0.05, 0) is 0 Å². The molecule has 0 aromatic heterocycles. The van der Waals surface area contributed by atoms with E-state index in [4.69, 9.17) is 34.2 Å². The molecule has 0 amide bonds. The SMILES string of the molecule is N#CC(N)OC(Cl)Cl. The number of nitrogens with two attached hydrogens (primary N) is 1. The standard InChI is InChI=1S/C3H4Cl2N2O/c4-3(5)8-2(7)1-6/h2-3H,7H2. The van der Waals surface area contributed by atoms with Crippen LogP contribution in [0.4, 0.5) is 0 Å². The Morgan fingerprint density at radius 2 is 2.12 bits per heavy atom. The predicted molar refractivity (Wildman–Crippen MR) is 30.2 cm³/mol. The average molecular weight is 155 g/mol. The van der Waals surface area contributed by atoms with Crippen molar-refractivity contribution in [2.45, 2.75) is 11.3 Å². The molecule has 0 saturated heterocycles. The molecule has 0 aliphatic rings. The van der Waals surface area contributed by atoms with Crippen LogP contribution < -0.4 is 5.73 Å². The van der Waals surface area contributed by atoms with Crippen molar-refractivity contribution in [1.82, 2.24) is 0 Å². The minimum Gasteiger partial charge on any atom is -0.317 e. The quantitative estimate of drug-likeness (QED) is 0.468. The number of hydrogen-bond donors (Lipinski definition) is 1. The number of nitriles is 1. The second-order valence-corrected chi connectivity index (χ2v) is 1.96. The summed E-state index contributed by atoms with van der Waals surface area (Å²) < 4.78 is 4.35. The summed E-state index contributed by atoms with van der Waals surface area (Å²) in [6.45, 7) is 0. The lowest BCUT2D eigenvalue weighted by Crippen LogP contribution is -2.22. The van der Waals surface area contributed by atoms with Gasteiger partial charge in [0.2, 0.25) is 5.02 Å². The first kappa shape index (κ1) is 7.99. The van der Waals surface area contributed by atoms with Gasteiger partial charge in [0.05, 0.1) is 0 Å². The number of hydrogen-bond acceptors (Lipinski definition) is 3. The Morgan fingerprint density at radius 3 is 2.25 bits per heavy atom. The van der Waals surface area contributed by atoms with Crippen LogP contribution in [0, 0.1) is 11.3 Å². The number of rotatable bonds is 2. The number of ether oxygens (including phenoxy) is 1. The Balaban J connectivity index is 3.28. The Hall–Kier alpha value is -0.0100. The van der Waals surface area contributed by atoms with Crippen LogP contribution in [-0.2, 0) is 4.74 Å². The second kappa shape index (κ2) is 3.93. The van der Waals surface area contributed by atoms with E-state index in [0.717, 1.165) is 0 Å². The molecule has 0 aliphatic carbocycles. The predicted octanol–water partition coefficient (Wildman–Crippen LogP) is 0.573. The molecule has 3 nitrogen and oxygen atoms in total. The molecule has 1 unspecified atom stereocenters. The van der Waals surface area contributed by atoms with Crippen molar-refractivity contribution < 1.29 is 4.74 Å². The van der Waals surface area contributed by atoms with Gasteiger partial charge in [-0.15, -0.1) is 0 Å². The molecule has 0 heterocycles. The minimum atomic E-state index is -1.03. The smallest absolute Gasteiger partial charge is 0.209 e. The molecule has 2 N–H and O–H groups in total. The van der Waals surface area contributed by atoms with Gasteiger partial charge in [0.15, 0.2) is 6.23 Å². The molecule has 0 radical (unpaired) electrons. The summed E-state index contributed by atoms with van der Waals surface area (Å²) in [4.78, 5) is 0. The van der Waals surface area contributed by atoms with Gasteiger partial charge in [-0.25, -0.2) is 0 Å². The van der Waals surface area contributed by atoms with Crippen LogP contribution in [0.1, 0.15) is 0 Å². The number of halogens is 2. The molecule has 0 saturated carbocycles. The lowest BCUT2D eigenvalue weighted by atomic mass is 10.7. The van der Waals surface area contributed by atoms with Crippen LogP contribution in [0.3, 0.4) is 0 Å². The van der Waals surface area contributed by atoms with Crippen LogP contribution in [-0.4, -0.2) is 11.3 Å². The van der Waals surface area contributed by atoms with E-state index in [2.05, 4.69) is 4.74 Å². The molecule has 0 bridgehead atoms. The third-order valence-corrected chi connectivity index (χ3v) is 0.582. The van der Waals surface area contributed by atoms with Gasteiger partial charge in [-0.1, -0.05) is 23.2 Å². The first-order chi connectivity index (χ1) is 3.66. The molecule has 46 valence electrons. The van der Waals surface area contributed by atoms with Gasteiger partial charge < -0.3 is 4.74 Å². The minimum absolute atomic E-state index is 1.02. The largest absolute Gasteiger partial charge is 0.317 e. The normalized spacial score (nSPS) is 13.4. The summed E-state index contributed by atoms with van der Waals surface area (Å²) >= 11 is 10.1. The molecule has 8 heavy (non-hydrogen) atoms. The molecular weight excluding hydrogens is 151 g/mol. The summed E-state index contributed by atoms with van der Waals surface area (Å²) in [6, 6.07) is 1.58. The highest BCUT2D eigenvalue weighted by Gasteiger charge is 2.03. The maximum atomic E-state index is 7.97. The summed E-state index contributed by atoms with van der Waals surface area (Å²) in [7, 11) is 0. The fourth-order valence-electron chi connectivity index (χ4n) is 0.141. The molecule has 0 aromatic rings. The zero-order valence-electron chi connectivity index (χ0n) is 3.84. The molecule has 1 atom stereocenters. The lowest BCUT2D eigenvalue weighted by molar-refractivity contribution is 0.112. The van der Waals surface area contributed by atoms with Crippen molar-refractivity contribution in [1.29, 1.82) is 5.26 Å². The zero-order chi connectivity index (χ0) is 6.57. The van der Waals surface area contributed by atoms with Crippen LogP contribution in [0.25, 0.3) is 0 Å². The van der Waals surface area contributed by atoms with Crippen LogP contribution >= 0.6 is 23.2 Å². The topological polar surface area (TPSA) is 59.0 Å².